The predicted molar refractivity (Wildman–Crippen MR) is 88.2 cm³/mol. The summed E-state index contributed by atoms with van der Waals surface area (Å²) >= 11 is 0. The lowest BCUT2D eigenvalue weighted by atomic mass is 10.1. The van der Waals surface area contributed by atoms with E-state index < -0.39 is 0 Å². The second-order valence-corrected chi connectivity index (χ2v) is 6.26. The number of nitrogens with zero attached hydrogens (tertiary/aromatic N) is 5. The molecule has 0 spiro atoms. The summed E-state index contributed by atoms with van der Waals surface area (Å²) < 4.78 is 7.37. The number of hydrogen-bond acceptors (Lipinski definition) is 6. The number of hydrogen-bond donors (Lipinski definition) is 1. The zero-order chi connectivity index (χ0) is 16.5. The molecule has 7 heteroatoms. The highest BCUT2D eigenvalue weighted by molar-refractivity contribution is 5.53. The van der Waals surface area contributed by atoms with Crippen molar-refractivity contribution in [3.8, 4) is 11.5 Å². The molecule has 0 aliphatic carbocycles. The fourth-order valence-corrected chi connectivity index (χ4v) is 3.06. The first-order valence-electron chi connectivity index (χ1n) is 8.21. The molecule has 24 heavy (non-hydrogen) atoms. The second kappa shape index (κ2) is 6.16. The molecule has 1 aromatic carbocycles. The van der Waals surface area contributed by atoms with Gasteiger partial charge in [-0.15, -0.1) is 0 Å². The van der Waals surface area contributed by atoms with E-state index in [9.17, 15) is 0 Å². The summed E-state index contributed by atoms with van der Waals surface area (Å²) in [6, 6.07) is 8.41. The summed E-state index contributed by atoms with van der Waals surface area (Å²) in [5, 5.41) is 12.0. The van der Waals surface area contributed by atoms with Crippen LogP contribution in [0.4, 0.5) is 0 Å². The Morgan fingerprint density at radius 2 is 2.21 bits per heavy atom. The van der Waals surface area contributed by atoms with Crippen molar-refractivity contribution in [2.75, 3.05) is 0 Å². The SMILES string of the molecule is Cc1cccc(-c2nc(CNC3CCc4nc(C)nn4C3)no2)c1. The molecule has 1 aliphatic rings. The number of benzene rings is 1. The summed E-state index contributed by atoms with van der Waals surface area (Å²) in [5.41, 5.74) is 2.13. The van der Waals surface area contributed by atoms with Gasteiger partial charge in [0.05, 0.1) is 13.1 Å². The van der Waals surface area contributed by atoms with Crippen LogP contribution in [0, 0.1) is 13.8 Å². The third-order valence-corrected chi connectivity index (χ3v) is 4.25. The first-order valence-corrected chi connectivity index (χ1v) is 8.21. The molecule has 0 fully saturated rings. The van der Waals surface area contributed by atoms with Crippen molar-refractivity contribution < 1.29 is 4.52 Å². The van der Waals surface area contributed by atoms with Gasteiger partial charge in [-0.3, -0.25) is 0 Å². The lowest BCUT2D eigenvalue weighted by molar-refractivity contribution is 0.350. The highest BCUT2D eigenvalue weighted by Gasteiger charge is 2.21. The van der Waals surface area contributed by atoms with Gasteiger partial charge < -0.3 is 9.84 Å². The zero-order valence-electron chi connectivity index (χ0n) is 13.9. The molecular formula is C17H20N6O. The van der Waals surface area contributed by atoms with Crippen LogP contribution in [0.25, 0.3) is 11.5 Å². The number of aromatic nitrogens is 5. The molecule has 1 aliphatic heterocycles. The summed E-state index contributed by atoms with van der Waals surface area (Å²) in [4.78, 5) is 8.91. The molecule has 124 valence electrons. The van der Waals surface area contributed by atoms with E-state index in [0.717, 1.165) is 36.6 Å². The van der Waals surface area contributed by atoms with E-state index in [1.165, 1.54) is 5.56 Å². The van der Waals surface area contributed by atoms with Crippen LogP contribution in [0.5, 0.6) is 0 Å². The Labute approximate surface area is 140 Å². The first kappa shape index (κ1) is 15.0. The van der Waals surface area contributed by atoms with Gasteiger partial charge in [-0.2, -0.15) is 10.1 Å². The molecular weight excluding hydrogens is 304 g/mol. The van der Waals surface area contributed by atoms with Gasteiger partial charge in [-0.05, 0) is 32.4 Å². The molecule has 3 heterocycles. The maximum Gasteiger partial charge on any atom is 0.257 e. The summed E-state index contributed by atoms with van der Waals surface area (Å²) in [6.45, 7) is 5.40. The van der Waals surface area contributed by atoms with Crippen molar-refractivity contribution in [3.05, 3.63) is 47.3 Å². The van der Waals surface area contributed by atoms with Crippen molar-refractivity contribution in [1.82, 2.24) is 30.2 Å². The molecule has 1 unspecified atom stereocenters. The molecule has 0 radical (unpaired) electrons. The van der Waals surface area contributed by atoms with Crippen LogP contribution in [0.2, 0.25) is 0 Å². The van der Waals surface area contributed by atoms with Crippen molar-refractivity contribution >= 4 is 0 Å². The Balaban J connectivity index is 1.39. The van der Waals surface area contributed by atoms with Gasteiger partial charge in [0, 0.05) is 18.0 Å². The van der Waals surface area contributed by atoms with E-state index in [-0.39, 0.29) is 0 Å². The molecule has 3 aromatic rings. The Morgan fingerprint density at radius 3 is 3.08 bits per heavy atom. The number of rotatable bonds is 4. The fourth-order valence-electron chi connectivity index (χ4n) is 3.06. The fraction of sp³-hybridized carbons (Fsp3) is 0.412. The zero-order valence-corrected chi connectivity index (χ0v) is 13.9. The molecule has 0 amide bonds. The first-order chi connectivity index (χ1) is 11.7. The molecule has 7 nitrogen and oxygen atoms in total. The second-order valence-electron chi connectivity index (χ2n) is 6.26. The summed E-state index contributed by atoms with van der Waals surface area (Å²) in [5.74, 6) is 3.15. The largest absolute Gasteiger partial charge is 0.334 e. The van der Waals surface area contributed by atoms with Crippen LogP contribution in [0.15, 0.2) is 28.8 Å². The van der Waals surface area contributed by atoms with Gasteiger partial charge in [-0.25, -0.2) is 9.67 Å². The van der Waals surface area contributed by atoms with Gasteiger partial charge in [-0.1, -0.05) is 22.9 Å². The maximum absolute atomic E-state index is 5.38. The minimum atomic E-state index is 0.347. The average Bonchev–Trinajstić information content (AvgIpc) is 3.18. The van der Waals surface area contributed by atoms with Crippen LogP contribution in [-0.4, -0.2) is 30.9 Å². The minimum absolute atomic E-state index is 0.347. The topological polar surface area (TPSA) is 81.7 Å². The molecule has 1 atom stereocenters. The van der Waals surface area contributed by atoms with E-state index in [0.29, 0.717) is 24.3 Å². The van der Waals surface area contributed by atoms with Crippen LogP contribution < -0.4 is 5.32 Å². The van der Waals surface area contributed by atoms with Crippen LogP contribution in [0.1, 0.15) is 29.5 Å². The normalized spacial score (nSPS) is 17.0. The van der Waals surface area contributed by atoms with Gasteiger partial charge in [0.1, 0.15) is 11.6 Å². The number of aryl methyl sites for hydroxylation is 3. The van der Waals surface area contributed by atoms with Crippen molar-refractivity contribution in [1.29, 1.82) is 0 Å². The van der Waals surface area contributed by atoms with Gasteiger partial charge in [0.2, 0.25) is 0 Å². The minimum Gasteiger partial charge on any atom is -0.334 e. The molecule has 2 aromatic heterocycles. The van der Waals surface area contributed by atoms with Gasteiger partial charge in [0.15, 0.2) is 5.82 Å². The Bertz CT molecular complexity index is 852. The lowest BCUT2D eigenvalue weighted by Gasteiger charge is -2.22. The average molecular weight is 324 g/mol. The quantitative estimate of drug-likeness (QED) is 0.791. The predicted octanol–water partition coefficient (Wildman–Crippen LogP) is 2.05. The highest BCUT2D eigenvalue weighted by atomic mass is 16.5. The number of nitrogens with one attached hydrogen (secondary N) is 1. The van der Waals surface area contributed by atoms with Crippen LogP contribution in [-0.2, 0) is 19.5 Å². The Morgan fingerprint density at radius 1 is 1.29 bits per heavy atom. The summed E-state index contributed by atoms with van der Waals surface area (Å²) in [7, 11) is 0. The van der Waals surface area contributed by atoms with Crippen molar-refractivity contribution in [3.63, 3.8) is 0 Å². The molecule has 0 bridgehead atoms. The Kier molecular flexibility index (Phi) is 3.86. The van der Waals surface area contributed by atoms with E-state index in [2.05, 4.69) is 25.5 Å². The molecule has 4 rings (SSSR count). The smallest absolute Gasteiger partial charge is 0.257 e. The van der Waals surface area contributed by atoms with E-state index in [4.69, 9.17) is 4.52 Å². The highest BCUT2D eigenvalue weighted by Crippen LogP contribution is 2.18. The Hall–Kier alpha value is -2.54. The third kappa shape index (κ3) is 3.07. The molecule has 1 N–H and O–H groups in total. The van der Waals surface area contributed by atoms with Crippen molar-refractivity contribution in [2.45, 2.75) is 45.8 Å². The maximum atomic E-state index is 5.38. The monoisotopic (exact) mass is 324 g/mol. The van der Waals surface area contributed by atoms with Gasteiger partial charge in [0.25, 0.3) is 5.89 Å². The van der Waals surface area contributed by atoms with Crippen LogP contribution >= 0.6 is 0 Å². The van der Waals surface area contributed by atoms with E-state index in [1.807, 2.05) is 42.8 Å². The van der Waals surface area contributed by atoms with Crippen LogP contribution in [0.3, 0.4) is 0 Å². The lowest BCUT2D eigenvalue weighted by Crippen LogP contribution is -2.37. The summed E-state index contributed by atoms with van der Waals surface area (Å²) in [6.07, 6.45) is 1.99. The van der Waals surface area contributed by atoms with E-state index >= 15 is 0 Å². The van der Waals surface area contributed by atoms with Gasteiger partial charge >= 0.3 is 0 Å². The standard InChI is InChI=1S/C17H20N6O/c1-11-4-3-5-13(8-11)17-20-15(22-24-17)9-18-14-6-7-16-19-12(2)21-23(16)10-14/h3-5,8,14,18H,6-7,9-10H2,1-2H3. The molecule has 0 saturated heterocycles. The third-order valence-electron chi connectivity index (χ3n) is 4.25. The van der Waals surface area contributed by atoms with Crippen molar-refractivity contribution in [2.24, 2.45) is 0 Å². The number of fused-ring (bicyclic) bond motifs is 1. The van der Waals surface area contributed by atoms with E-state index in [1.54, 1.807) is 0 Å². The molecule has 0 saturated carbocycles.